The van der Waals surface area contributed by atoms with Crippen molar-refractivity contribution in [3.63, 3.8) is 0 Å². The van der Waals surface area contributed by atoms with Crippen molar-refractivity contribution in [2.75, 3.05) is 67.6 Å². The molecule has 3 aromatic rings. The van der Waals surface area contributed by atoms with Crippen LogP contribution in [0.25, 0.3) is 11.3 Å². The van der Waals surface area contributed by atoms with E-state index in [4.69, 9.17) is 9.15 Å². The topological polar surface area (TPSA) is 109 Å². The van der Waals surface area contributed by atoms with Crippen molar-refractivity contribution in [1.82, 2.24) is 20.3 Å². The monoisotopic (exact) mass is 435 g/mol. The van der Waals surface area contributed by atoms with Gasteiger partial charge in [0.15, 0.2) is 5.76 Å². The highest BCUT2D eigenvalue weighted by Gasteiger charge is 2.20. The van der Waals surface area contributed by atoms with Gasteiger partial charge in [0.25, 0.3) is 5.89 Å². The highest BCUT2D eigenvalue weighted by atomic mass is 16.5. The van der Waals surface area contributed by atoms with E-state index < -0.39 is 5.91 Å². The Bertz CT molecular complexity index is 1060. The predicted octanol–water partition coefficient (Wildman–Crippen LogP) is 1.63. The summed E-state index contributed by atoms with van der Waals surface area (Å²) in [4.78, 5) is 30.0. The molecule has 32 heavy (non-hydrogen) atoms. The summed E-state index contributed by atoms with van der Waals surface area (Å²) in [6, 6.07) is 5.77. The third-order valence-electron chi connectivity index (χ3n) is 5.57. The van der Waals surface area contributed by atoms with Gasteiger partial charge in [-0.15, -0.1) is 0 Å². The Morgan fingerprint density at radius 3 is 2.59 bits per heavy atom. The quantitative estimate of drug-likeness (QED) is 0.618. The van der Waals surface area contributed by atoms with E-state index in [9.17, 15) is 4.79 Å². The summed E-state index contributed by atoms with van der Waals surface area (Å²) in [5.41, 5.74) is 2.33. The molecular formula is C22H25N7O3. The van der Waals surface area contributed by atoms with Gasteiger partial charge in [-0.2, -0.15) is 0 Å². The van der Waals surface area contributed by atoms with Crippen LogP contribution in [0, 0.1) is 0 Å². The van der Waals surface area contributed by atoms with Gasteiger partial charge in [0, 0.05) is 57.2 Å². The summed E-state index contributed by atoms with van der Waals surface area (Å²) < 4.78 is 11.1. The lowest BCUT2D eigenvalue weighted by Crippen LogP contribution is -2.43. The number of anilines is 3. The van der Waals surface area contributed by atoms with Crippen LogP contribution in [0.4, 0.5) is 17.2 Å². The Labute approximate surface area is 185 Å². The van der Waals surface area contributed by atoms with Crippen molar-refractivity contribution in [2.45, 2.75) is 0 Å². The van der Waals surface area contributed by atoms with Crippen molar-refractivity contribution in [3.8, 4) is 11.3 Å². The van der Waals surface area contributed by atoms with Crippen LogP contribution in [0.15, 0.2) is 47.4 Å². The predicted molar refractivity (Wildman–Crippen MR) is 120 cm³/mol. The number of pyridine rings is 2. The molecule has 0 atom stereocenters. The number of ether oxygens (including phenoxy) is 1. The van der Waals surface area contributed by atoms with Gasteiger partial charge in [0.2, 0.25) is 0 Å². The van der Waals surface area contributed by atoms with Crippen molar-refractivity contribution in [3.05, 3.63) is 48.9 Å². The minimum atomic E-state index is -0.418. The molecule has 0 spiro atoms. The second-order valence-electron chi connectivity index (χ2n) is 7.62. The van der Waals surface area contributed by atoms with Gasteiger partial charge >= 0.3 is 5.91 Å². The number of nitrogens with one attached hydrogen (secondary N) is 2. The summed E-state index contributed by atoms with van der Waals surface area (Å²) in [7, 11) is 0. The van der Waals surface area contributed by atoms with Gasteiger partial charge in [-0.25, -0.2) is 9.97 Å². The first-order valence-corrected chi connectivity index (χ1v) is 10.7. The average molecular weight is 435 g/mol. The summed E-state index contributed by atoms with van der Waals surface area (Å²) >= 11 is 0. The number of amides is 1. The Morgan fingerprint density at radius 2 is 1.81 bits per heavy atom. The molecule has 10 heteroatoms. The Balaban J connectivity index is 1.28. The Hall–Kier alpha value is -3.50. The third kappa shape index (κ3) is 4.41. The van der Waals surface area contributed by atoms with Gasteiger partial charge in [0.1, 0.15) is 5.82 Å². The molecule has 0 aliphatic carbocycles. The SMILES string of the molecule is O=C(Nc1cnccc1N1CCNCC1)c1ncc(-c2ccc(N3CCOCC3)nc2)o1. The number of nitrogens with zero attached hydrogens (tertiary/aromatic N) is 5. The van der Waals surface area contributed by atoms with Crippen molar-refractivity contribution < 1.29 is 13.9 Å². The van der Waals surface area contributed by atoms with Crippen LogP contribution in [0.1, 0.15) is 10.7 Å². The van der Waals surface area contributed by atoms with Crippen LogP contribution < -0.4 is 20.4 Å². The normalized spacial score (nSPS) is 16.8. The molecule has 3 aromatic heterocycles. The molecule has 5 heterocycles. The van der Waals surface area contributed by atoms with E-state index in [1.165, 1.54) is 0 Å². The first-order chi connectivity index (χ1) is 15.8. The van der Waals surface area contributed by atoms with Crippen LogP contribution in [-0.2, 0) is 4.74 Å². The fourth-order valence-electron chi connectivity index (χ4n) is 3.86. The molecule has 166 valence electrons. The Morgan fingerprint density at radius 1 is 0.969 bits per heavy atom. The third-order valence-corrected chi connectivity index (χ3v) is 5.57. The number of morpholine rings is 1. The van der Waals surface area contributed by atoms with E-state index in [0.29, 0.717) is 24.7 Å². The van der Waals surface area contributed by atoms with Crippen LogP contribution in [0.2, 0.25) is 0 Å². The number of hydrogen-bond donors (Lipinski definition) is 2. The fraction of sp³-hybridized carbons (Fsp3) is 0.364. The molecule has 2 aliphatic heterocycles. The number of hydrogen-bond acceptors (Lipinski definition) is 9. The van der Waals surface area contributed by atoms with Gasteiger partial charge in [0.05, 0.1) is 37.0 Å². The van der Waals surface area contributed by atoms with E-state index >= 15 is 0 Å². The maximum atomic E-state index is 12.8. The zero-order valence-electron chi connectivity index (χ0n) is 17.7. The number of carbonyl (C=O) groups excluding carboxylic acids is 1. The van der Waals surface area contributed by atoms with Crippen LogP contribution in [0.5, 0.6) is 0 Å². The molecule has 0 aromatic carbocycles. The molecule has 0 radical (unpaired) electrons. The number of oxazole rings is 1. The second kappa shape index (κ2) is 9.33. The molecule has 0 unspecified atom stereocenters. The fourth-order valence-corrected chi connectivity index (χ4v) is 3.86. The number of carbonyl (C=O) groups is 1. The number of piperazine rings is 1. The summed E-state index contributed by atoms with van der Waals surface area (Å²) in [5.74, 6) is 0.960. The molecule has 2 fully saturated rings. The maximum Gasteiger partial charge on any atom is 0.311 e. The highest BCUT2D eigenvalue weighted by molar-refractivity contribution is 6.03. The standard InChI is InChI=1S/C22H25N7O3/c30-21(27-17-14-24-4-3-18(17)28-7-5-23-6-8-28)22-26-15-19(32-22)16-1-2-20(25-13-16)29-9-11-31-12-10-29/h1-4,13-15,23H,5-12H2,(H,27,30). The van der Waals surface area contributed by atoms with Gasteiger partial charge in [-0.1, -0.05) is 0 Å². The van der Waals surface area contributed by atoms with Gasteiger partial charge < -0.3 is 29.6 Å². The van der Waals surface area contributed by atoms with Crippen LogP contribution in [0.3, 0.4) is 0 Å². The van der Waals surface area contributed by atoms with Crippen LogP contribution >= 0.6 is 0 Å². The molecule has 10 nitrogen and oxygen atoms in total. The van der Waals surface area contributed by atoms with Crippen LogP contribution in [-0.4, -0.2) is 73.3 Å². The molecular weight excluding hydrogens is 410 g/mol. The van der Waals surface area contributed by atoms with E-state index in [0.717, 1.165) is 56.3 Å². The molecule has 2 aliphatic rings. The number of rotatable bonds is 5. The molecule has 5 rings (SSSR count). The van der Waals surface area contributed by atoms with E-state index in [2.05, 4.69) is 35.4 Å². The molecule has 2 saturated heterocycles. The molecule has 0 bridgehead atoms. The van der Waals surface area contributed by atoms with Crippen molar-refractivity contribution >= 4 is 23.1 Å². The minimum Gasteiger partial charge on any atom is -0.432 e. The Kier molecular flexibility index (Phi) is 5.95. The lowest BCUT2D eigenvalue weighted by molar-refractivity contribution is 0.0991. The van der Waals surface area contributed by atoms with Crippen molar-refractivity contribution in [1.29, 1.82) is 0 Å². The molecule has 1 amide bonds. The summed E-state index contributed by atoms with van der Waals surface area (Å²) in [5, 5.41) is 6.22. The molecule has 0 saturated carbocycles. The largest absolute Gasteiger partial charge is 0.432 e. The van der Waals surface area contributed by atoms with E-state index in [1.807, 2.05) is 18.2 Å². The zero-order valence-corrected chi connectivity index (χ0v) is 17.7. The van der Waals surface area contributed by atoms with E-state index in [-0.39, 0.29) is 5.89 Å². The maximum absolute atomic E-state index is 12.8. The first kappa shape index (κ1) is 20.4. The zero-order chi connectivity index (χ0) is 21.8. The van der Waals surface area contributed by atoms with Gasteiger partial charge in [-0.3, -0.25) is 9.78 Å². The average Bonchev–Trinajstić information content (AvgIpc) is 3.36. The second-order valence-corrected chi connectivity index (χ2v) is 7.62. The van der Waals surface area contributed by atoms with Gasteiger partial charge in [-0.05, 0) is 18.2 Å². The first-order valence-electron chi connectivity index (χ1n) is 10.7. The number of aromatic nitrogens is 3. The lowest BCUT2D eigenvalue weighted by atomic mass is 10.2. The minimum absolute atomic E-state index is 0.00707. The summed E-state index contributed by atoms with van der Waals surface area (Å²) in [6.07, 6.45) is 6.65. The summed E-state index contributed by atoms with van der Waals surface area (Å²) in [6.45, 7) is 6.59. The molecule has 2 N–H and O–H groups in total. The lowest BCUT2D eigenvalue weighted by Gasteiger charge is -2.30. The smallest absolute Gasteiger partial charge is 0.311 e. The van der Waals surface area contributed by atoms with E-state index in [1.54, 1.807) is 24.8 Å². The van der Waals surface area contributed by atoms with Crippen molar-refractivity contribution in [2.24, 2.45) is 0 Å². The highest BCUT2D eigenvalue weighted by Crippen LogP contribution is 2.26.